The normalized spacial score (nSPS) is 12.9. The standard InChI is InChI=1S/C18H27N3/c1-14-11-17(13-19-12-15(2)20(4)5)16(3)21(14)18-9-7-6-8-10-18/h6-11,15,19H,12-13H2,1-5H3. The van der Waals surface area contributed by atoms with Gasteiger partial charge in [0.2, 0.25) is 0 Å². The smallest absolute Gasteiger partial charge is 0.0455 e. The van der Waals surface area contributed by atoms with Gasteiger partial charge in [0.25, 0.3) is 0 Å². The molecule has 0 radical (unpaired) electrons. The van der Waals surface area contributed by atoms with Crippen LogP contribution in [0.25, 0.3) is 5.69 Å². The van der Waals surface area contributed by atoms with Crippen LogP contribution in [-0.2, 0) is 6.54 Å². The molecule has 2 rings (SSSR count). The van der Waals surface area contributed by atoms with E-state index in [9.17, 15) is 0 Å². The second kappa shape index (κ2) is 6.92. The highest BCUT2D eigenvalue weighted by atomic mass is 15.1. The number of aryl methyl sites for hydroxylation is 1. The Morgan fingerprint density at radius 3 is 2.43 bits per heavy atom. The van der Waals surface area contributed by atoms with Gasteiger partial charge in [-0.3, -0.25) is 0 Å². The summed E-state index contributed by atoms with van der Waals surface area (Å²) in [7, 11) is 4.24. The zero-order valence-corrected chi connectivity index (χ0v) is 13.9. The lowest BCUT2D eigenvalue weighted by atomic mass is 10.2. The van der Waals surface area contributed by atoms with E-state index in [1.165, 1.54) is 22.6 Å². The van der Waals surface area contributed by atoms with Gasteiger partial charge in [-0.15, -0.1) is 0 Å². The first-order valence-electron chi connectivity index (χ1n) is 7.61. The largest absolute Gasteiger partial charge is 0.318 e. The molecule has 0 spiro atoms. The number of benzene rings is 1. The summed E-state index contributed by atoms with van der Waals surface area (Å²) in [6.45, 7) is 8.53. The summed E-state index contributed by atoms with van der Waals surface area (Å²) in [5.41, 5.74) is 5.22. The summed E-state index contributed by atoms with van der Waals surface area (Å²) in [5.74, 6) is 0. The number of nitrogens with zero attached hydrogens (tertiary/aromatic N) is 2. The maximum absolute atomic E-state index is 3.56. The van der Waals surface area contributed by atoms with Crippen LogP contribution in [0, 0.1) is 13.8 Å². The number of rotatable bonds is 6. The van der Waals surface area contributed by atoms with E-state index in [1.54, 1.807) is 0 Å². The fraction of sp³-hybridized carbons (Fsp3) is 0.444. The Bertz CT molecular complexity index is 570. The molecule has 1 unspecified atom stereocenters. The second-order valence-electron chi connectivity index (χ2n) is 6.01. The van der Waals surface area contributed by atoms with Crippen LogP contribution in [0.4, 0.5) is 0 Å². The Hall–Kier alpha value is -1.58. The Morgan fingerprint density at radius 2 is 1.81 bits per heavy atom. The Kier molecular flexibility index (Phi) is 5.21. The molecule has 0 bridgehead atoms. The lowest BCUT2D eigenvalue weighted by Crippen LogP contribution is -2.35. The van der Waals surface area contributed by atoms with Gasteiger partial charge >= 0.3 is 0 Å². The van der Waals surface area contributed by atoms with E-state index in [1.807, 2.05) is 0 Å². The van der Waals surface area contributed by atoms with Crippen molar-refractivity contribution in [1.29, 1.82) is 0 Å². The fourth-order valence-electron chi connectivity index (χ4n) is 2.58. The molecule has 1 atom stereocenters. The Labute approximate surface area is 128 Å². The Balaban J connectivity index is 2.09. The highest BCUT2D eigenvalue weighted by Crippen LogP contribution is 2.20. The number of hydrogen-bond donors (Lipinski definition) is 1. The van der Waals surface area contributed by atoms with E-state index in [-0.39, 0.29) is 0 Å². The van der Waals surface area contributed by atoms with E-state index in [4.69, 9.17) is 0 Å². The van der Waals surface area contributed by atoms with Gasteiger partial charge < -0.3 is 14.8 Å². The summed E-state index contributed by atoms with van der Waals surface area (Å²) in [4.78, 5) is 2.24. The molecule has 1 aromatic heterocycles. The van der Waals surface area contributed by atoms with Gasteiger partial charge in [-0.1, -0.05) is 18.2 Å². The topological polar surface area (TPSA) is 20.2 Å². The third-order valence-electron chi connectivity index (χ3n) is 4.19. The maximum atomic E-state index is 3.56. The van der Waals surface area contributed by atoms with E-state index in [2.05, 4.69) is 86.0 Å². The van der Waals surface area contributed by atoms with Crippen molar-refractivity contribution in [3.63, 3.8) is 0 Å². The molecule has 0 amide bonds. The molecule has 0 aliphatic carbocycles. The molecule has 0 saturated heterocycles. The molecule has 0 saturated carbocycles. The van der Waals surface area contributed by atoms with Gasteiger partial charge in [-0.25, -0.2) is 0 Å². The van der Waals surface area contributed by atoms with Crippen molar-refractivity contribution < 1.29 is 0 Å². The van der Waals surface area contributed by atoms with E-state index < -0.39 is 0 Å². The third-order valence-corrected chi connectivity index (χ3v) is 4.19. The van der Waals surface area contributed by atoms with Gasteiger partial charge in [0.1, 0.15) is 0 Å². The lowest BCUT2D eigenvalue weighted by molar-refractivity contribution is 0.302. The zero-order chi connectivity index (χ0) is 15.4. The zero-order valence-electron chi connectivity index (χ0n) is 13.9. The van der Waals surface area contributed by atoms with Crippen molar-refractivity contribution in [3.8, 4) is 5.69 Å². The third kappa shape index (κ3) is 3.74. The molecule has 0 aliphatic rings. The van der Waals surface area contributed by atoms with Crippen molar-refractivity contribution in [3.05, 3.63) is 53.3 Å². The number of likely N-dealkylation sites (N-methyl/N-ethyl adjacent to an activating group) is 1. The summed E-state index contributed by atoms with van der Waals surface area (Å²) in [6, 6.07) is 13.4. The van der Waals surface area contributed by atoms with Gasteiger partial charge in [-0.2, -0.15) is 0 Å². The Morgan fingerprint density at radius 1 is 1.14 bits per heavy atom. The number of aromatic nitrogens is 1. The molecule has 1 heterocycles. The summed E-state index contributed by atoms with van der Waals surface area (Å²) < 4.78 is 2.33. The first-order chi connectivity index (χ1) is 10.0. The molecule has 1 N–H and O–H groups in total. The highest BCUT2D eigenvalue weighted by molar-refractivity contribution is 5.40. The molecule has 1 aromatic carbocycles. The molecule has 21 heavy (non-hydrogen) atoms. The minimum absolute atomic E-state index is 0.544. The molecule has 3 heteroatoms. The van der Waals surface area contributed by atoms with Crippen LogP contribution in [0.3, 0.4) is 0 Å². The van der Waals surface area contributed by atoms with Gasteiger partial charge in [0.15, 0.2) is 0 Å². The SMILES string of the molecule is Cc1cc(CNCC(C)N(C)C)c(C)n1-c1ccccc1. The van der Waals surface area contributed by atoms with Crippen LogP contribution in [0.2, 0.25) is 0 Å². The molecule has 3 nitrogen and oxygen atoms in total. The van der Waals surface area contributed by atoms with Crippen LogP contribution in [0.1, 0.15) is 23.9 Å². The van der Waals surface area contributed by atoms with Crippen LogP contribution in [-0.4, -0.2) is 36.1 Å². The monoisotopic (exact) mass is 285 g/mol. The number of para-hydroxylation sites is 1. The van der Waals surface area contributed by atoms with Crippen molar-refractivity contribution in [2.45, 2.75) is 33.4 Å². The molecule has 2 aromatic rings. The molecule has 0 fully saturated rings. The summed E-state index contributed by atoms with van der Waals surface area (Å²) in [6.07, 6.45) is 0. The minimum atomic E-state index is 0.544. The average Bonchev–Trinajstić information content (AvgIpc) is 2.74. The quantitative estimate of drug-likeness (QED) is 0.880. The molecular weight excluding hydrogens is 258 g/mol. The number of nitrogens with one attached hydrogen (secondary N) is 1. The molecule has 114 valence electrons. The van der Waals surface area contributed by atoms with Crippen molar-refractivity contribution in [1.82, 2.24) is 14.8 Å². The molecular formula is C18H27N3. The van der Waals surface area contributed by atoms with Crippen LogP contribution >= 0.6 is 0 Å². The lowest BCUT2D eigenvalue weighted by Gasteiger charge is -2.20. The van der Waals surface area contributed by atoms with Crippen LogP contribution < -0.4 is 5.32 Å². The highest BCUT2D eigenvalue weighted by Gasteiger charge is 2.11. The predicted molar refractivity (Wildman–Crippen MR) is 90.1 cm³/mol. The number of hydrogen-bond acceptors (Lipinski definition) is 2. The summed E-state index contributed by atoms with van der Waals surface area (Å²) in [5, 5.41) is 3.56. The summed E-state index contributed by atoms with van der Waals surface area (Å²) >= 11 is 0. The second-order valence-corrected chi connectivity index (χ2v) is 6.01. The average molecular weight is 285 g/mol. The van der Waals surface area contributed by atoms with E-state index in [0.29, 0.717) is 6.04 Å². The maximum Gasteiger partial charge on any atom is 0.0455 e. The first-order valence-corrected chi connectivity index (χ1v) is 7.61. The van der Waals surface area contributed by atoms with Crippen molar-refractivity contribution >= 4 is 0 Å². The predicted octanol–water partition coefficient (Wildman–Crippen LogP) is 3.13. The van der Waals surface area contributed by atoms with Crippen molar-refractivity contribution in [2.75, 3.05) is 20.6 Å². The van der Waals surface area contributed by atoms with Crippen molar-refractivity contribution in [2.24, 2.45) is 0 Å². The van der Waals surface area contributed by atoms with E-state index in [0.717, 1.165) is 13.1 Å². The van der Waals surface area contributed by atoms with Gasteiger partial charge in [0, 0.05) is 36.2 Å². The fourth-order valence-corrected chi connectivity index (χ4v) is 2.58. The first kappa shape index (κ1) is 15.8. The van der Waals surface area contributed by atoms with Gasteiger partial charge in [0.05, 0.1) is 0 Å². The van der Waals surface area contributed by atoms with Gasteiger partial charge in [-0.05, 0) is 58.6 Å². The van der Waals surface area contributed by atoms with Crippen LogP contribution in [0.5, 0.6) is 0 Å². The van der Waals surface area contributed by atoms with Crippen LogP contribution in [0.15, 0.2) is 36.4 Å². The minimum Gasteiger partial charge on any atom is -0.318 e. The molecule has 0 aliphatic heterocycles. The van der Waals surface area contributed by atoms with E-state index >= 15 is 0 Å².